The Kier molecular flexibility index (Phi) is 3.15. The molecular weight excluding hydrogens is 232 g/mol. The van der Waals surface area contributed by atoms with Crippen molar-refractivity contribution in [3.63, 3.8) is 0 Å². The minimum Gasteiger partial charge on any atom is -0.260 e. The average molecular weight is 248 g/mol. The molecule has 0 unspecified atom stereocenters. The molecule has 0 amide bonds. The largest absolute Gasteiger partial charge is 0.260 e. The van der Waals surface area contributed by atoms with Crippen LogP contribution >= 0.6 is 0 Å². The molecule has 0 aliphatic rings. The second-order valence-electron chi connectivity index (χ2n) is 4.68. The zero-order chi connectivity index (χ0) is 13.1. The van der Waals surface area contributed by atoms with Gasteiger partial charge in [-0.1, -0.05) is 60.7 Å². The lowest BCUT2D eigenvalue weighted by molar-refractivity contribution is 0.687. The number of hydrogen-bond donors (Lipinski definition) is 0. The van der Waals surface area contributed by atoms with Crippen molar-refractivity contribution in [2.45, 2.75) is 13.5 Å². The van der Waals surface area contributed by atoms with E-state index in [2.05, 4.69) is 64.4 Å². The van der Waals surface area contributed by atoms with Crippen molar-refractivity contribution >= 4 is 0 Å². The van der Waals surface area contributed by atoms with E-state index in [0.29, 0.717) is 0 Å². The van der Waals surface area contributed by atoms with Gasteiger partial charge in [0.25, 0.3) is 0 Å². The molecule has 0 spiro atoms. The van der Waals surface area contributed by atoms with E-state index in [9.17, 15) is 0 Å². The van der Waals surface area contributed by atoms with Crippen molar-refractivity contribution in [1.82, 2.24) is 9.78 Å². The summed E-state index contributed by atoms with van der Waals surface area (Å²) in [4.78, 5) is 0. The van der Waals surface area contributed by atoms with E-state index in [4.69, 9.17) is 0 Å². The lowest BCUT2D eigenvalue weighted by atomic mass is 10.1. The van der Waals surface area contributed by atoms with E-state index in [1.54, 1.807) is 0 Å². The Morgan fingerprint density at radius 1 is 0.895 bits per heavy atom. The van der Waals surface area contributed by atoms with Gasteiger partial charge in [0, 0.05) is 0 Å². The van der Waals surface area contributed by atoms with Gasteiger partial charge in [0.15, 0.2) is 0 Å². The molecule has 1 aromatic heterocycles. The maximum atomic E-state index is 4.60. The fraction of sp³-hybridized carbons (Fsp3) is 0.118. The van der Waals surface area contributed by atoms with Gasteiger partial charge < -0.3 is 0 Å². The van der Waals surface area contributed by atoms with Gasteiger partial charge in [0.05, 0.1) is 17.9 Å². The molecule has 2 aromatic carbocycles. The summed E-state index contributed by atoms with van der Waals surface area (Å²) in [6.07, 6.45) is 0. The molecule has 0 aliphatic carbocycles. The van der Waals surface area contributed by atoms with Crippen LogP contribution in [0.25, 0.3) is 11.3 Å². The van der Waals surface area contributed by atoms with Gasteiger partial charge in [-0.2, -0.15) is 5.10 Å². The molecule has 2 nitrogen and oxygen atoms in total. The standard InChI is InChI=1S/C17H16N2/c1-14-12-17(16-10-6-3-7-11-16)19(18-14)13-15-8-4-2-5-9-15/h2-12H,13H2,1H3. The van der Waals surface area contributed by atoms with E-state index < -0.39 is 0 Å². The Labute approximate surface area is 113 Å². The summed E-state index contributed by atoms with van der Waals surface area (Å²) in [5.41, 5.74) is 4.69. The molecule has 1 heterocycles. The van der Waals surface area contributed by atoms with Crippen LogP contribution in [0.2, 0.25) is 0 Å². The van der Waals surface area contributed by atoms with Crippen LogP contribution in [0.15, 0.2) is 66.7 Å². The maximum Gasteiger partial charge on any atom is 0.0689 e. The number of nitrogens with zero attached hydrogens (tertiary/aromatic N) is 2. The van der Waals surface area contributed by atoms with Crippen molar-refractivity contribution < 1.29 is 0 Å². The summed E-state index contributed by atoms with van der Waals surface area (Å²) in [6.45, 7) is 2.84. The molecule has 2 heteroatoms. The molecule has 0 saturated heterocycles. The van der Waals surface area contributed by atoms with Crippen molar-refractivity contribution in [2.75, 3.05) is 0 Å². The minimum atomic E-state index is 0.804. The highest BCUT2D eigenvalue weighted by Gasteiger charge is 2.07. The molecule has 0 radical (unpaired) electrons. The van der Waals surface area contributed by atoms with Gasteiger partial charge in [0.1, 0.15) is 0 Å². The molecule has 0 atom stereocenters. The zero-order valence-electron chi connectivity index (χ0n) is 11.0. The summed E-state index contributed by atoms with van der Waals surface area (Å²) < 4.78 is 2.07. The van der Waals surface area contributed by atoms with Crippen LogP contribution in [0.4, 0.5) is 0 Å². The Hall–Kier alpha value is -2.35. The first kappa shape index (κ1) is 11.7. The molecule has 0 N–H and O–H groups in total. The predicted molar refractivity (Wildman–Crippen MR) is 77.9 cm³/mol. The van der Waals surface area contributed by atoms with E-state index in [-0.39, 0.29) is 0 Å². The van der Waals surface area contributed by atoms with E-state index >= 15 is 0 Å². The molecule has 0 aliphatic heterocycles. The van der Waals surface area contributed by atoms with E-state index in [1.807, 2.05) is 19.1 Å². The number of aromatic nitrogens is 2. The first-order valence-electron chi connectivity index (χ1n) is 6.47. The van der Waals surface area contributed by atoms with Crippen molar-refractivity contribution in [3.05, 3.63) is 78.0 Å². The lowest BCUT2D eigenvalue weighted by Gasteiger charge is -2.07. The zero-order valence-corrected chi connectivity index (χ0v) is 11.0. The SMILES string of the molecule is Cc1cc(-c2ccccc2)n(Cc2ccccc2)n1. The highest BCUT2D eigenvalue weighted by Crippen LogP contribution is 2.21. The number of hydrogen-bond acceptors (Lipinski definition) is 1. The van der Waals surface area contributed by atoms with E-state index in [1.165, 1.54) is 16.8 Å². The molecule has 0 fully saturated rings. The number of aryl methyl sites for hydroxylation is 1. The molecule has 3 rings (SSSR count). The van der Waals surface area contributed by atoms with Crippen molar-refractivity contribution in [2.24, 2.45) is 0 Å². The van der Waals surface area contributed by atoms with Crippen molar-refractivity contribution in [3.8, 4) is 11.3 Å². The summed E-state index contributed by atoms with van der Waals surface area (Å²) in [7, 11) is 0. The van der Waals surface area contributed by atoms with Crippen LogP contribution in [-0.4, -0.2) is 9.78 Å². The van der Waals surface area contributed by atoms with Crippen LogP contribution in [0, 0.1) is 6.92 Å². The summed E-state index contributed by atoms with van der Waals surface area (Å²) in [5, 5.41) is 4.60. The second kappa shape index (κ2) is 5.11. The summed E-state index contributed by atoms with van der Waals surface area (Å²) in [5.74, 6) is 0. The smallest absolute Gasteiger partial charge is 0.0689 e. The highest BCUT2D eigenvalue weighted by atomic mass is 15.3. The molecule has 0 saturated carbocycles. The van der Waals surface area contributed by atoms with Crippen LogP contribution in [0.1, 0.15) is 11.3 Å². The molecular formula is C17H16N2. The van der Waals surface area contributed by atoms with Crippen LogP contribution in [0.3, 0.4) is 0 Å². The molecule has 3 aromatic rings. The Balaban J connectivity index is 1.99. The van der Waals surface area contributed by atoms with Gasteiger partial charge in [-0.05, 0) is 24.1 Å². The van der Waals surface area contributed by atoms with Crippen molar-refractivity contribution in [1.29, 1.82) is 0 Å². The van der Waals surface area contributed by atoms with Gasteiger partial charge in [-0.15, -0.1) is 0 Å². The first-order valence-corrected chi connectivity index (χ1v) is 6.47. The van der Waals surface area contributed by atoms with Crippen LogP contribution < -0.4 is 0 Å². The van der Waals surface area contributed by atoms with Gasteiger partial charge >= 0.3 is 0 Å². The number of rotatable bonds is 3. The fourth-order valence-corrected chi connectivity index (χ4v) is 2.26. The predicted octanol–water partition coefficient (Wildman–Crippen LogP) is 3.91. The third-order valence-electron chi connectivity index (χ3n) is 3.15. The van der Waals surface area contributed by atoms with Gasteiger partial charge in [-0.25, -0.2) is 0 Å². The molecule has 0 bridgehead atoms. The monoisotopic (exact) mass is 248 g/mol. The third kappa shape index (κ3) is 2.58. The third-order valence-corrected chi connectivity index (χ3v) is 3.15. The van der Waals surface area contributed by atoms with Gasteiger partial charge in [0.2, 0.25) is 0 Å². The Morgan fingerprint density at radius 3 is 2.21 bits per heavy atom. The molecule has 94 valence electrons. The maximum absolute atomic E-state index is 4.60. The minimum absolute atomic E-state index is 0.804. The topological polar surface area (TPSA) is 17.8 Å². The quantitative estimate of drug-likeness (QED) is 0.687. The van der Waals surface area contributed by atoms with Crippen LogP contribution in [-0.2, 0) is 6.54 Å². The fourth-order valence-electron chi connectivity index (χ4n) is 2.26. The Bertz CT molecular complexity index is 654. The highest BCUT2D eigenvalue weighted by molar-refractivity contribution is 5.59. The first-order chi connectivity index (χ1) is 9.33. The van der Waals surface area contributed by atoms with Gasteiger partial charge in [-0.3, -0.25) is 4.68 Å². The van der Waals surface area contributed by atoms with Crippen LogP contribution in [0.5, 0.6) is 0 Å². The molecule has 19 heavy (non-hydrogen) atoms. The summed E-state index contributed by atoms with van der Waals surface area (Å²) >= 11 is 0. The lowest BCUT2D eigenvalue weighted by Crippen LogP contribution is -2.03. The summed E-state index contributed by atoms with van der Waals surface area (Å²) in [6, 6.07) is 23.0. The normalized spacial score (nSPS) is 10.6. The number of benzene rings is 2. The average Bonchev–Trinajstić information content (AvgIpc) is 2.82. The second-order valence-corrected chi connectivity index (χ2v) is 4.68. The Morgan fingerprint density at radius 2 is 1.53 bits per heavy atom. The van der Waals surface area contributed by atoms with E-state index in [0.717, 1.165) is 12.2 Å².